The van der Waals surface area contributed by atoms with E-state index in [9.17, 15) is 4.79 Å². The van der Waals surface area contributed by atoms with Gasteiger partial charge in [-0.3, -0.25) is 9.79 Å². The Bertz CT molecular complexity index is 731. The predicted octanol–water partition coefficient (Wildman–Crippen LogP) is 1.70. The van der Waals surface area contributed by atoms with Gasteiger partial charge in [0.05, 0.1) is 25.4 Å². The van der Waals surface area contributed by atoms with Gasteiger partial charge in [-0.05, 0) is 19.1 Å². The maximum Gasteiger partial charge on any atom is 0.239 e. The van der Waals surface area contributed by atoms with E-state index in [2.05, 4.69) is 25.9 Å². The van der Waals surface area contributed by atoms with Gasteiger partial charge in [0.25, 0.3) is 0 Å². The van der Waals surface area contributed by atoms with E-state index in [-0.39, 0.29) is 36.4 Å². The molecule has 1 aromatic carbocycles. The molecule has 1 heterocycles. The van der Waals surface area contributed by atoms with Gasteiger partial charge in [-0.2, -0.15) is 0 Å². The number of aryl methyl sites for hydroxylation is 1. The standard InChI is InChI=1S/C18H25N5O3.HI/c1-13-4-6-14(7-5-13)17-23-15(12-26-17)10-21-18(19-2)22-11-16(24)20-8-9-25-3;/h4-7,12H,8-11H2,1-3H3,(H,20,24)(H2,19,21,22);1H. The van der Waals surface area contributed by atoms with Crippen LogP contribution >= 0.6 is 24.0 Å². The van der Waals surface area contributed by atoms with E-state index in [0.29, 0.717) is 31.5 Å². The zero-order valence-corrected chi connectivity index (χ0v) is 18.1. The van der Waals surface area contributed by atoms with Crippen LogP contribution in [0.1, 0.15) is 11.3 Å². The molecule has 0 aliphatic heterocycles. The van der Waals surface area contributed by atoms with Gasteiger partial charge in [0.1, 0.15) is 6.26 Å². The molecule has 27 heavy (non-hydrogen) atoms. The smallest absolute Gasteiger partial charge is 0.239 e. The van der Waals surface area contributed by atoms with Crippen molar-refractivity contribution >= 4 is 35.8 Å². The summed E-state index contributed by atoms with van der Waals surface area (Å²) in [5, 5.41) is 8.76. The lowest BCUT2D eigenvalue weighted by Crippen LogP contribution is -2.43. The van der Waals surface area contributed by atoms with Crippen LogP contribution < -0.4 is 16.0 Å². The number of rotatable bonds is 8. The largest absolute Gasteiger partial charge is 0.444 e. The van der Waals surface area contributed by atoms with E-state index in [0.717, 1.165) is 11.3 Å². The second kappa shape index (κ2) is 12.3. The molecule has 0 unspecified atom stereocenters. The van der Waals surface area contributed by atoms with Crippen molar-refractivity contribution in [2.45, 2.75) is 13.5 Å². The first-order valence-electron chi connectivity index (χ1n) is 8.34. The molecule has 2 rings (SSSR count). The third-order valence-corrected chi connectivity index (χ3v) is 3.56. The van der Waals surface area contributed by atoms with E-state index in [1.54, 1.807) is 20.4 Å². The summed E-state index contributed by atoms with van der Waals surface area (Å²) in [6, 6.07) is 7.98. The number of carbonyl (C=O) groups is 1. The summed E-state index contributed by atoms with van der Waals surface area (Å²) >= 11 is 0. The number of guanidine groups is 1. The van der Waals surface area contributed by atoms with E-state index >= 15 is 0 Å². The Balaban J connectivity index is 0.00000364. The van der Waals surface area contributed by atoms with Crippen LogP contribution in [0.4, 0.5) is 0 Å². The van der Waals surface area contributed by atoms with Crippen LogP contribution in [0.3, 0.4) is 0 Å². The van der Waals surface area contributed by atoms with E-state index < -0.39 is 0 Å². The van der Waals surface area contributed by atoms with Crippen LogP contribution in [0, 0.1) is 6.92 Å². The molecule has 1 aromatic heterocycles. The average Bonchev–Trinajstić information content (AvgIpc) is 3.11. The van der Waals surface area contributed by atoms with Gasteiger partial charge in [-0.25, -0.2) is 4.98 Å². The zero-order valence-electron chi connectivity index (χ0n) is 15.7. The van der Waals surface area contributed by atoms with Crippen molar-refractivity contribution in [2.75, 3.05) is 33.9 Å². The molecule has 3 N–H and O–H groups in total. The SMILES string of the molecule is CN=C(NCC(=O)NCCOC)NCc1coc(-c2ccc(C)cc2)n1.I. The Labute approximate surface area is 176 Å². The number of aromatic nitrogens is 1. The number of amides is 1. The second-order valence-electron chi connectivity index (χ2n) is 5.63. The van der Waals surface area contributed by atoms with E-state index in [1.807, 2.05) is 31.2 Å². The topological polar surface area (TPSA) is 101 Å². The molecular weight excluding hydrogens is 461 g/mol. The van der Waals surface area contributed by atoms with Crippen LogP contribution in [0.5, 0.6) is 0 Å². The van der Waals surface area contributed by atoms with Gasteiger partial charge in [0.15, 0.2) is 5.96 Å². The summed E-state index contributed by atoms with van der Waals surface area (Å²) in [6.45, 7) is 3.54. The van der Waals surface area contributed by atoms with E-state index in [4.69, 9.17) is 9.15 Å². The van der Waals surface area contributed by atoms with Gasteiger partial charge in [-0.1, -0.05) is 17.7 Å². The lowest BCUT2D eigenvalue weighted by molar-refractivity contribution is -0.120. The summed E-state index contributed by atoms with van der Waals surface area (Å²) < 4.78 is 10.4. The van der Waals surface area contributed by atoms with Crippen molar-refractivity contribution in [3.8, 4) is 11.5 Å². The average molecular weight is 487 g/mol. The number of nitrogens with one attached hydrogen (secondary N) is 3. The molecule has 0 atom stereocenters. The number of carbonyl (C=O) groups excluding carboxylic acids is 1. The van der Waals surface area contributed by atoms with Crippen LogP contribution in [-0.2, 0) is 16.1 Å². The van der Waals surface area contributed by atoms with E-state index in [1.165, 1.54) is 5.56 Å². The minimum atomic E-state index is -0.131. The van der Waals surface area contributed by atoms with Crippen molar-refractivity contribution in [1.82, 2.24) is 20.9 Å². The van der Waals surface area contributed by atoms with Crippen LogP contribution in [0.15, 0.2) is 39.9 Å². The number of benzene rings is 1. The van der Waals surface area contributed by atoms with Crippen LogP contribution in [-0.4, -0.2) is 50.7 Å². The molecule has 2 aromatic rings. The number of hydrogen-bond donors (Lipinski definition) is 3. The highest BCUT2D eigenvalue weighted by Gasteiger charge is 2.08. The van der Waals surface area contributed by atoms with Crippen molar-refractivity contribution < 1.29 is 13.9 Å². The number of oxazole rings is 1. The number of aliphatic imine (C=N–C) groups is 1. The maximum absolute atomic E-state index is 11.7. The zero-order chi connectivity index (χ0) is 18.8. The summed E-state index contributed by atoms with van der Waals surface area (Å²) in [6.07, 6.45) is 1.60. The molecule has 0 bridgehead atoms. The minimum absolute atomic E-state index is 0. The fourth-order valence-corrected chi connectivity index (χ4v) is 2.13. The summed E-state index contributed by atoms with van der Waals surface area (Å²) in [5.74, 6) is 0.946. The predicted molar refractivity (Wildman–Crippen MR) is 115 cm³/mol. The van der Waals surface area contributed by atoms with Crippen molar-refractivity contribution in [1.29, 1.82) is 0 Å². The third-order valence-electron chi connectivity index (χ3n) is 3.56. The van der Waals surface area contributed by atoms with Gasteiger partial charge < -0.3 is 25.1 Å². The molecular formula is C18H26IN5O3. The normalized spacial score (nSPS) is 10.9. The lowest BCUT2D eigenvalue weighted by atomic mass is 10.1. The Morgan fingerprint density at radius 3 is 2.63 bits per heavy atom. The third kappa shape index (κ3) is 7.95. The summed E-state index contributed by atoms with van der Waals surface area (Å²) in [7, 11) is 3.23. The first-order valence-corrected chi connectivity index (χ1v) is 8.34. The highest BCUT2D eigenvalue weighted by molar-refractivity contribution is 14.0. The number of nitrogens with zero attached hydrogens (tertiary/aromatic N) is 2. The Kier molecular flexibility index (Phi) is 10.4. The van der Waals surface area contributed by atoms with Crippen molar-refractivity contribution in [3.63, 3.8) is 0 Å². The molecule has 8 nitrogen and oxygen atoms in total. The highest BCUT2D eigenvalue weighted by Crippen LogP contribution is 2.18. The van der Waals surface area contributed by atoms with Crippen molar-refractivity contribution in [2.24, 2.45) is 4.99 Å². The van der Waals surface area contributed by atoms with Gasteiger partial charge >= 0.3 is 0 Å². The van der Waals surface area contributed by atoms with Gasteiger partial charge in [0.2, 0.25) is 11.8 Å². The summed E-state index contributed by atoms with van der Waals surface area (Å²) in [5.41, 5.74) is 2.86. The van der Waals surface area contributed by atoms with Crippen molar-refractivity contribution in [3.05, 3.63) is 41.8 Å². The molecule has 0 aliphatic rings. The number of hydrogen-bond acceptors (Lipinski definition) is 5. The molecule has 0 saturated heterocycles. The molecule has 1 amide bonds. The van der Waals surface area contributed by atoms with Gasteiger partial charge in [-0.15, -0.1) is 24.0 Å². The Hall–Kier alpha value is -2.14. The summed E-state index contributed by atoms with van der Waals surface area (Å²) in [4.78, 5) is 20.2. The quantitative estimate of drug-likeness (QED) is 0.227. The number of halogens is 1. The molecule has 148 valence electrons. The minimum Gasteiger partial charge on any atom is -0.444 e. The monoisotopic (exact) mass is 487 g/mol. The van der Waals surface area contributed by atoms with Crippen LogP contribution in [0.2, 0.25) is 0 Å². The molecule has 0 saturated carbocycles. The molecule has 9 heteroatoms. The first-order chi connectivity index (χ1) is 12.6. The number of ether oxygens (including phenoxy) is 1. The molecule has 0 spiro atoms. The maximum atomic E-state index is 11.7. The molecule has 0 aliphatic carbocycles. The van der Waals surface area contributed by atoms with Crippen LogP contribution in [0.25, 0.3) is 11.5 Å². The fraction of sp³-hybridized carbons (Fsp3) is 0.389. The Morgan fingerprint density at radius 1 is 1.22 bits per heavy atom. The molecule has 0 fully saturated rings. The van der Waals surface area contributed by atoms with Gasteiger partial charge in [0, 0.05) is 26.3 Å². The highest BCUT2D eigenvalue weighted by atomic mass is 127. The first kappa shape index (κ1) is 22.9. The fourth-order valence-electron chi connectivity index (χ4n) is 2.13. The number of methoxy groups -OCH3 is 1. The second-order valence-corrected chi connectivity index (χ2v) is 5.63. The molecule has 0 radical (unpaired) electrons. The lowest BCUT2D eigenvalue weighted by Gasteiger charge is -2.10. The Morgan fingerprint density at radius 2 is 1.96 bits per heavy atom.